The Morgan fingerprint density at radius 2 is 1.82 bits per heavy atom. The van der Waals surface area contributed by atoms with Crippen LogP contribution in [0.25, 0.3) is 0 Å². The number of hydrogen-bond acceptors (Lipinski definition) is 4. The Hall–Kier alpha value is -1.16. The number of anilines is 1. The van der Waals surface area contributed by atoms with Crippen molar-refractivity contribution in [1.82, 2.24) is 10.2 Å². The molecule has 1 saturated carbocycles. The van der Waals surface area contributed by atoms with E-state index in [0.29, 0.717) is 5.92 Å². The van der Waals surface area contributed by atoms with E-state index < -0.39 is 0 Å². The summed E-state index contributed by atoms with van der Waals surface area (Å²) < 4.78 is 0. The zero-order valence-corrected chi connectivity index (χ0v) is 10.0. The first-order valence-corrected chi connectivity index (χ1v) is 6.59. The zero-order chi connectivity index (χ0) is 11.7. The SMILES string of the molecule is OC1CCN(c2ccc(C3CCC3)nn2)CC1. The highest BCUT2D eigenvalue weighted by Gasteiger charge is 2.22. The van der Waals surface area contributed by atoms with E-state index in [0.717, 1.165) is 37.4 Å². The summed E-state index contributed by atoms with van der Waals surface area (Å²) in [5, 5.41) is 18.1. The summed E-state index contributed by atoms with van der Waals surface area (Å²) in [7, 11) is 0. The standard InChI is InChI=1S/C13H19N3O/c17-11-6-8-16(9-7-11)13-5-4-12(14-15-13)10-2-1-3-10/h4-5,10-11,17H,1-3,6-9H2. The highest BCUT2D eigenvalue weighted by Crippen LogP contribution is 2.35. The van der Waals surface area contributed by atoms with Crippen LogP contribution in [0.2, 0.25) is 0 Å². The summed E-state index contributed by atoms with van der Waals surface area (Å²) in [6.45, 7) is 1.78. The van der Waals surface area contributed by atoms with E-state index >= 15 is 0 Å². The number of hydrogen-bond donors (Lipinski definition) is 1. The van der Waals surface area contributed by atoms with Crippen LogP contribution in [-0.2, 0) is 0 Å². The molecule has 0 atom stereocenters. The summed E-state index contributed by atoms with van der Waals surface area (Å²) in [6, 6.07) is 4.20. The number of aliphatic hydroxyl groups is 1. The largest absolute Gasteiger partial charge is 0.393 e. The van der Waals surface area contributed by atoms with Crippen LogP contribution in [-0.4, -0.2) is 34.5 Å². The van der Waals surface area contributed by atoms with Crippen molar-refractivity contribution in [2.24, 2.45) is 0 Å². The molecule has 17 heavy (non-hydrogen) atoms. The molecule has 0 spiro atoms. The summed E-state index contributed by atoms with van der Waals surface area (Å²) in [4.78, 5) is 2.21. The van der Waals surface area contributed by atoms with E-state index in [4.69, 9.17) is 0 Å². The first-order valence-electron chi connectivity index (χ1n) is 6.59. The Balaban J connectivity index is 1.67. The second-order valence-electron chi connectivity index (χ2n) is 5.16. The zero-order valence-electron chi connectivity index (χ0n) is 10.0. The molecule has 2 aliphatic rings. The first kappa shape index (κ1) is 11.0. The lowest BCUT2D eigenvalue weighted by Crippen LogP contribution is -2.36. The topological polar surface area (TPSA) is 49.2 Å². The molecule has 2 heterocycles. The molecule has 1 aromatic heterocycles. The third-order valence-corrected chi connectivity index (χ3v) is 3.98. The van der Waals surface area contributed by atoms with Crippen molar-refractivity contribution >= 4 is 5.82 Å². The molecule has 0 unspecified atom stereocenters. The van der Waals surface area contributed by atoms with Gasteiger partial charge in [-0.2, -0.15) is 5.10 Å². The minimum absolute atomic E-state index is 0.131. The van der Waals surface area contributed by atoms with Gasteiger partial charge in [0.1, 0.15) is 0 Å². The van der Waals surface area contributed by atoms with Crippen LogP contribution in [0, 0.1) is 0 Å². The quantitative estimate of drug-likeness (QED) is 0.844. The average Bonchev–Trinajstić information content (AvgIpc) is 2.29. The van der Waals surface area contributed by atoms with E-state index in [1.54, 1.807) is 0 Å². The van der Waals surface area contributed by atoms with Gasteiger partial charge in [-0.25, -0.2) is 0 Å². The number of piperidine rings is 1. The maximum absolute atomic E-state index is 9.47. The molecule has 0 aromatic carbocycles. The van der Waals surface area contributed by atoms with Gasteiger partial charge >= 0.3 is 0 Å². The van der Waals surface area contributed by atoms with Gasteiger partial charge in [0.15, 0.2) is 5.82 Å². The van der Waals surface area contributed by atoms with Crippen LogP contribution in [0.1, 0.15) is 43.7 Å². The first-order chi connectivity index (χ1) is 8.33. The van der Waals surface area contributed by atoms with Gasteiger partial charge in [-0.1, -0.05) is 6.42 Å². The summed E-state index contributed by atoms with van der Waals surface area (Å²) in [5.41, 5.74) is 1.15. The van der Waals surface area contributed by atoms with Crippen LogP contribution >= 0.6 is 0 Å². The Morgan fingerprint density at radius 3 is 2.35 bits per heavy atom. The van der Waals surface area contributed by atoms with Crippen molar-refractivity contribution in [2.75, 3.05) is 18.0 Å². The average molecular weight is 233 g/mol. The molecule has 92 valence electrons. The molecule has 4 nitrogen and oxygen atoms in total. The number of nitrogens with zero attached hydrogens (tertiary/aromatic N) is 3. The number of rotatable bonds is 2. The van der Waals surface area contributed by atoms with Crippen LogP contribution in [0.5, 0.6) is 0 Å². The third-order valence-electron chi connectivity index (χ3n) is 3.98. The second-order valence-corrected chi connectivity index (χ2v) is 5.16. The molecule has 3 rings (SSSR count). The van der Waals surface area contributed by atoms with Gasteiger partial charge in [0.05, 0.1) is 11.8 Å². The van der Waals surface area contributed by atoms with E-state index in [1.165, 1.54) is 19.3 Å². The molecular formula is C13H19N3O. The Bertz CT molecular complexity index is 367. The van der Waals surface area contributed by atoms with E-state index in [9.17, 15) is 5.11 Å². The highest BCUT2D eigenvalue weighted by atomic mass is 16.3. The fraction of sp³-hybridized carbons (Fsp3) is 0.692. The van der Waals surface area contributed by atoms with Gasteiger partial charge in [-0.15, -0.1) is 5.10 Å². The molecule has 1 saturated heterocycles. The minimum Gasteiger partial charge on any atom is -0.393 e. The molecular weight excluding hydrogens is 214 g/mol. The number of aliphatic hydroxyl groups excluding tert-OH is 1. The monoisotopic (exact) mass is 233 g/mol. The molecule has 1 N–H and O–H groups in total. The van der Waals surface area contributed by atoms with Gasteiger partial charge in [0.2, 0.25) is 0 Å². The predicted molar refractivity (Wildman–Crippen MR) is 66.1 cm³/mol. The van der Waals surface area contributed by atoms with Crippen molar-refractivity contribution in [2.45, 2.75) is 44.1 Å². The molecule has 2 fully saturated rings. The van der Waals surface area contributed by atoms with Crippen LogP contribution in [0.3, 0.4) is 0 Å². The van der Waals surface area contributed by atoms with E-state index in [-0.39, 0.29) is 6.10 Å². The summed E-state index contributed by atoms with van der Waals surface area (Å²) in [5.74, 6) is 1.61. The fourth-order valence-electron chi connectivity index (χ4n) is 2.52. The van der Waals surface area contributed by atoms with Gasteiger partial charge in [0, 0.05) is 19.0 Å². The van der Waals surface area contributed by atoms with Crippen LogP contribution < -0.4 is 4.90 Å². The van der Waals surface area contributed by atoms with Crippen molar-refractivity contribution in [1.29, 1.82) is 0 Å². The molecule has 0 amide bonds. The minimum atomic E-state index is -0.131. The molecule has 1 aliphatic carbocycles. The second kappa shape index (κ2) is 4.61. The lowest BCUT2D eigenvalue weighted by molar-refractivity contribution is 0.145. The molecule has 4 heteroatoms. The highest BCUT2D eigenvalue weighted by molar-refractivity contribution is 5.38. The lowest BCUT2D eigenvalue weighted by atomic mass is 9.83. The Labute approximate surface area is 102 Å². The van der Waals surface area contributed by atoms with Gasteiger partial charge < -0.3 is 10.0 Å². The maximum atomic E-state index is 9.47. The normalized spacial score (nSPS) is 22.5. The molecule has 0 radical (unpaired) electrons. The number of aromatic nitrogens is 2. The Kier molecular flexibility index (Phi) is 2.97. The third kappa shape index (κ3) is 2.27. The van der Waals surface area contributed by atoms with Crippen LogP contribution in [0.4, 0.5) is 5.82 Å². The summed E-state index contributed by atoms with van der Waals surface area (Å²) in [6.07, 6.45) is 5.41. The van der Waals surface area contributed by atoms with Gasteiger partial charge in [-0.05, 0) is 37.8 Å². The molecule has 0 bridgehead atoms. The van der Waals surface area contributed by atoms with Crippen molar-refractivity contribution in [3.63, 3.8) is 0 Å². The van der Waals surface area contributed by atoms with Crippen molar-refractivity contribution in [3.8, 4) is 0 Å². The predicted octanol–water partition coefficient (Wildman–Crippen LogP) is 1.71. The van der Waals surface area contributed by atoms with E-state index in [1.807, 2.05) is 0 Å². The van der Waals surface area contributed by atoms with Crippen molar-refractivity contribution < 1.29 is 5.11 Å². The van der Waals surface area contributed by atoms with Gasteiger partial charge in [0.25, 0.3) is 0 Å². The summed E-state index contributed by atoms with van der Waals surface area (Å²) >= 11 is 0. The van der Waals surface area contributed by atoms with Crippen molar-refractivity contribution in [3.05, 3.63) is 17.8 Å². The molecule has 1 aromatic rings. The molecule has 1 aliphatic heterocycles. The lowest BCUT2D eigenvalue weighted by Gasteiger charge is -2.30. The fourth-order valence-corrected chi connectivity index (χ4v) is 2.52. The van der Waals surface area contributed by atoms with E-state index in [2.05, 4.69) is 27.2 Å². The Morgan fingerprint density at radius 1 is 1.06 bits per heavy atom. The van der Waals surface area contributed by atoms with Crippen LogP contribution in [0.15, 0.2) is 12.1 Å². The maximum Gasteiger partial charge on any atom is 0.151 e. The smallest absolute Gasteiger partial charge is 0.151 e. The van der Waals surface area contributed by atoms with Gasteiger partial charge in [-0.3, -0.25) is 0 Å².